The fourth-order valence-corrected chi connectivity index (χ4v) is 3.04. The summed E-state index contributed by atoms with van der Waals surface area (Å²) in [6, 6.07) is 8.34. The lowest BCUT2D eigenvalue weighted by molar-refractivity contribution is -0.386. The summed E-state index contributed by atoms with van der Waals surface area (Å²) in [4.78, 5) is 12.1. The van der Waals surface area contributed by atoms with Crippen LogP contribution in [-0.2, 0) is 0 Å². The van der Waals surface area contributed by atoms with Crippen molar-refractivity contribution in [2.75, 3.05) is 28.4 Å². The number of hydrogen-bond acceptors (Lipinski definition) is 7. The van der Waals surface area contributed by atoms with E-state index in [0.29, 0.717) is 22.1 Å². The van der Waals surface area contributed by atoms with Crippen molar-refractivity contribution in [2.24, 2.45) is 0 Å². The molecule has 0 heterocycles. The molecule has 0 saturated heterocycles. The molecule has 0 saturated carbocycles. The van der Waals surface area contributed by atoms with E-state index in [0.717, 1.165) is 4.90 Å². The Morgan fingerprint density at radius 2 is 1.42 bits per heavy atom. The van der Waals surface area contributed by atoms with Crippen LogP contribution < -0.4 is 18.9 Å². The maximum absolute atomic E-state index is 11.1. The second kappa shape index (κ2) is 7.78. The molecule has 0 atom stereocenters. The lowest BCUT2D eigenvalue weighted by Crippen LogP contribution is -1.95. The molecule has 2 aromatic carbocycles. The molecular formula is C16H17NO6S. The highest BCUT2D eigenvalue weighted by molar-refractivity contribution is 7.99. The molecule has 0 N–H and O–H groups in total. The first-order valence-electron chi connectivity index (χ1n) is 6.84. The number of nitro benzene ring substituents is 1. The zero-order valence-corrected chi connectivity index (χ0v) is 14.5. The molecule has 0 amide bonds. The molecular weight excluding hydrogens is 334 g/mol. The van der Waals surface area contributed by atoms with Crippen molar-refractivity contribution in [3.63, 3.8) is 0 Å². The molecule has 0 radical (unpaired) electrons. The minimum absolute atomic E-state index is 0.0880. The van der Waals surface area contributed by atoms with E-state index >= 15 is 0 Å². The Hall–Kier alpha value is -2.61. The molecule has 2 rings (SSSR count). The Balaban J connectivity index is 2.41. The van der Waals surface area contributed by atoms with Gasteiger partial charge in [0.2, 0.25) is 5.75 Å². The number of ether oxygens (including phenoxy) is 4. The van der Waals surface area contributed by atoms with Crippen molar-refractivity contribution in [2.45, 2.75) is 9.79 Å². The van der Waals surface area contributed by atoms with Crippen molar-refractivity contribution in [3.05, 3.63) is 40.4 Å². The van der Waals surface area contributed by atoms with Gasteiger partial charge in [0.15, 0.2) is 17.2 Å². The van der Waals surface area contributed by atoms with Crippen LogP contribution in [0.3, 0.4) is 0 Å². The summed E-state index contributed by atoms with van der Waals surface area (Å²) in [5.74, 6) is 1.74. The molecule has 0 unspecified atom stereocenters. The van der Waals surface area contributed by atoms with Gasteiger partial charge in [0.05, 0.1) is 33.4 Å². The normalized spacial score (nSPS) is 10.2. The maximum atomic E-state index is 11.1. The molecule has 0 aliphatic carbocycles. The SMILES string of the molecule is COc1ccc(Sc2cc(OC)c(OC)c(OC)c2)cc1[N+](=O)[O-]. The largest absolute Gasteiger partial charge is 0.493 e. The van der Waals surface area contributed by atoms with E-state index in [-0.39, 0.29) is 11.4 Å². The van der Waals surface area contributed by atoms with E-state index in [2.05, 4.69) is 0 Å². The van der Waals surface area contributed by atoms with Gasteiger partial charge in [-0.05, 0) is 24.3 Å². The van der Waals surface area contributed by atoms with Gasteiger partial charge < -0.3 is 18.9 Å². The standard InChI is InChI=1S/C16H17NO6S/c1-20-13-6-5-10(7-12(13)17(18)19)24-11-8-14(21-2)16(23-4)15(9-11)22-3/h5-9H,1-4H3. The van der Waals surface area contributed by atoms with E-state index in [1.54, 1.807) is 24.3 Å². The molecule has 7 nitrogen and oxygen atoms in total. The third-order valence-electron chi connectivity index (χ3n) is 3.22. The first kappa shape index (κ1) is 17.7. The maximum Gasteiger partial charge on any atom is 0.312 e. The summed E-state index contributed by atoms with van der Waals surface area (Å²) in [5.41, 5.74) is -0.0880. The van der Waals surface area contributed by atoms with Crippen LogP contribution in [0.15, 0.2) is 40.1 Å². The molecule has 8 heteroatoms. The molecule has 0 aromatic heterocycles. The first-order valence-corrected chi connectivity index (χ1v) is 7.66. The minimum atomic E-state index is -0.474. The van der Waals surface area contributed by atoms with Gasteiger partial charge in [0, 0.05) is 15.9 Å². The Bertz CT molecular complexity index is 724. The Kier molecular flexibility index (Phi) is 5.75. The first-order chi connectivity index (χ1) is 11.5. The lowest BCUT2D eigenvalue weighted by Gasteiger charge is -2.14. The third-order valence-corrected chi connectivity index (χ3v) is 4.18. The van der Waals surface area contributed by atoms with E-state index in [1.165, 1.54) is 46.3 Å². The molecule has 0 spiro atoms. The summed E-state index contributed by atoms with van der Waals surface area (Å²) in [6.45, 7) is 0. The average Bonchev–Trinajstić information content (AvgIpc) is 2.60. The van der Waals surface area contributed by atoms with Crippen LogP contribution in [0.2, 0.25) is 0 Å². The van der Waals surface area contributed by atoms with Gasteiger partial charge in [0.25, 0.3) is 0 Å². The summed E-state index contributed by atoms with van der Waals surface area (Å²) in [5, 5.41) is 11.1. The van der Waals surface area contributed by atoms with Crippen LogP contribution in [-0.4, -0.2) is 33.4 Å². The van der Waals surface area contributed by atoms with Gasteiger partial charge in [0.1, 0.15) is 0 Å². The van der Waals surface area contributed by atoms with Crippen molar-refractivity contribution in [1.29, 1.82) is 0 Å². The fraction of sp³-hybridized carbons (Fsp3) is 0.250. The number of nitro groups is 1. The van der Waals surface area contributed by atoms with Crippen LogP contribution in [0.4, 0.5) is 5.69 Å². The molecule has 0 bridgehead atoms. The van der Waals surface area contributed by atoms with Crippen molar-refractivity contribution in [3.8, 4) is 23.0 Å². The lowest BCUT2D eigenvalue weighted by atomic mass is 10.3. The van der Waals surface area contributed by atoms with Gasteiger partial charge in [-0.15, -0.1) is 0 Å². The monoisotopic (exact) mass is 351 g/mol. The Morgan fingerprint density at radius 1 is 0.833 bits per heavy atom. The van der Waals surface area contributed by atoms with Crippen LogP contribution in [0.1, 0.15) is 0 Å². The molecule has 2 aromatic rings. The van der Waals surface area contributed by atoms with Gasteiger partial charge in [-0.25, -0.2) is 0 Å². The highest BCUT2D eigenvalue weighted by Crippen LogP contribution is 2.43. The summed E-state index contributed by atoms with van der Waals surface area (Å²) < 4.78 is 20.9. The van der Waals surface area contributed by atoms with E-state index in [9.17, 15) is 10.1 Å². The molecule has 0 aliphatic rings. The predicted octanol–water partition coefficient (Wildman–Crippen LogP) is 3.78. The smallest absolute Gasteiger partial charge is 0.312 e. The van der Waals surface area contributed by atoms with Crippen LogP contribution >= 0.6 is 11.8 Å². The quantitative estimate of drug-likeness (QED) is 0.555. The fourth-order valence-electron chi connectivity index (χ4n) is 2.13. The summed E-state index contributed by atoms with van der Waals surface area (Å²) in [7, 11) is 5.99. The average molecular weight is 351 g/mol. The molecule has 0 fully saturated rings. The van der Waals surface area contributed by atoms with Gasteiger partial charge >= 0.3 is 5.69 Å². The van der Waals surface area contributed by atoms with Crippen LogP contribution in [0.5, 0.6) is 23.0 Å². The summed E-state index contributed by atoms with van der Waals surface area (Å²) in [6.07, 6.45) is 0. The zero-order valence-electron chi connectivity index (χ0n) is 13.7. The van der Waals surface area contributed by atoms with Gasteiger partial charge in [-0.1, -0.05) is 11.8 Å². The van der Waals surface area contributed by atoms with Crippen molar-refractivity contribution in [1.82, 2.24) is 0 Å². The Labute approximate surface area is 143 Å². The number of nitrogens with zero attached hydrogens (tertiary/aromatic N) is 1. The van der Waals surface area contributed by atoms with Crippen LogP contribution in [0.25, 0.3) is 0 Å². The molecule has 128 valence electrons. The van der Waals surface area contributed by atoms with E-state index in [1.807, 2.05) is 0 Å². The van der Waals surface area contributed by atoms with Crippen molar-refractivity contribution >= 4 is 17.4 Å². The van der Waals surface area contributed by atoms with E-state index < -0.39 is 4.92 Å². The van der Waals surface area contributed by atoms with Crippen LogP contribution in [0, 0.1) is 10.1 Å². The number of rotatable bonds is 7. The second-order valence-electron chi connectivity index (χ2n) is 4.55. The number of benzene rings is 2. The molecule has 24 heavy (non-hydrogen) atoms. The van der Waals surface area contributed by atoms with Gasteiger partial charge in [-0.2, -0.15) is 0 Å². The Morgan fingerprint density at radius 3 is 1.88 bits per heavy atom. The molecule has 0 aliphatic heterocycles. The predicted molar refractivity (Wildman–Crippen MR) is 89.9 cm³/mol. The number of hydrogen-bond donors (Lipinski definition) is 0. The highest BCUT2D eigenvalue weighted by Gasteiger charge is 2.17. The summed E-state index contributed by atoms with van der Waals surface area (Å²) >= 11 is 1.34. The topological polar surface area (TPSA) is 80.1 Å². The minimum Gasteiger partial charge on any atom is -0.493 e. The highest BCUT2D eigenvalue weighted by atomic mass is 32.2. The second-order valence-corrected chi connectivity index (χ2v) is 5.70. The van der Waals surface area contributed by atoms with Crippen molar-refractivity contribution < 1.29 is 23.9 Å². The van der Waals surface area contributed by atoms with Gasteiger partial charge in [-0.3, -0.25) is 10.1 Å². The van der Waals surface area contributed by atoms with E-state index in [4.69, 9.17) is 18.9 Å². The zero-order chi connectivity index (χ0) is 17.7. The third kappa shape index (κ3) is 3.65. The number of methoxy groups -OCH3 is 4.